The minimum absolute atomic E-state index is 0.0669. The lowest BCUT2D eigenvalue weighted by molar-refractivity contribution is -0.116. The Kier molecular flexibility index (Phi) is 6.47. The SMILES string of the molecule is O=NCc1cccc(-c2ccc(CCC(=O)Nc3ccccc3C(=O)O)cc2)c1. The second kappa shape index (κ2) is 9.41. The van der Waals surface area contributed by atoms with Gasteiger partial charge in [-0.05, 0) is 46.9 Å². The minimum atomic E-state index is -1.08. The van der Waals surface area contributed by atoms with Gasteiger partial charge in [0.2, 0.25) is 5.91 Å². The molecule has 0 saturated carbocycles. The summed E-state index contributed by atoms with van der Waals surface area (Å²) < 4.78 is 0. The van der Waals surface area contributed by atoms with Crippen molar-refractivity contribution < 1.29 is 14.7 Å². The summed E-state index contributed by atoms with van der Waals surface area (Å²) in [7, 11) is 0. The Labute approximate surface area is 168 Å². The van der Waals surface area contributed by atoms with E-state index >= 15 is 0 Å². The maximum absolute atomic E-state index is 12.2. The number of nitrogens with zero attached hydrogens (tertiary/aromatic N) is 1. The molecule has 3 aromatic carbocycles. The highest BCUT2D eigenvalue weighted by molar-refractivity contribution is 6.00. The molecule has 0 fully saturated rings. The monoisotopic (exact) mass is 388 g/mol. The van der Waals surface area contributed by atoms with Crippen LogP contribution in [0, 0.1) is 4.91 Å². The molecule has 0 saturated heterocycles. The number of benzene rings is 3. The number of carbonyl (C=O) groups is 2. The summed E-state index contributed by atoms with van der Waals surface area (Å²) in [6, 6.07) is 21.8. The molecule has 0 atom stereocenters. The average Bonchev–Trinajstić information content (AvgIpc) is 2.73. The second-order valence-electron chi connectivity index (χ2n) is 6.58. The fourth-order valence-corrected chi connectivity index (χ4v) is 3.04. The Morgan fingerprint density at radius 1 is 0.862 bits per heavy atom. The lowest BCUT2D eigenvalue weighted by atomic mass is 10.0. The van der Waals surface area contributed by atoms with Gasteiger partial charge in [-0.15, -0.1) is 0 Å². The van der Waals surface area contributed by atoms with Crippen LogP contribution >= 0.6 is 0 Å². The van der Waals surface area contributed by atoms with Crippen molar-refractivity contribution in [3.63, 3.8) is 0 Å². The van der Waals surface area contributed by atoms with Crippen molar-refractivity contribution in [2.45, 2.75) is 19.4 Å². The summed E-state index contributed by atoms with van der Waals surface area (Å²) in [5.41, 5.74) is 4.24. The summed E-state index contributed by atoms with van der Waals surface area (Å²) in [5.74, 6) is -1.32. The number of rotatable bonds is 8. The number of anilines is 1. The van der Waals surface area contributed by atoms with Gasteiger partial charge < -0.3 is 10.4 Å². The Hall–Kier alpha value is -3.80. The van der Waals surface area contributed by atoms with Gasteiger partial charge in [0, 0.05) is 6.42 Å². The van der Waals surface area contributed by atoms with Gasteiger partial charge in [-0.2, -0.15) is 4.91 Å². The van der Waals surface area contributed by atoms with Crippen molar-refractivity contribution in [3.8, 4) is 11.1 Å². The van der Waals surface area contributed by atoms with E-state index in [0.717, 1.165) is 22.3 Å². The molecule has 146 valence electrons. The number of carboxylic acid groups (broad SMARTS) is 1. The summed E-state index contributed by atoms with van der Waals surface area (Å²) >= 11 is 0. The molecule has 29 heavy (non-hydrogen) atoms. The fourth-order valence-electron chi connectivity index (χ4n) is 3.04. The van der Waals surface area contributed by atoms with Crippen molar-refractivity contribution in [2.24, 2.45) is 5.18 Å². The second-order valence-corrected chi connectivity index (χ2v) is 6.58. The number of carboxylic acids is 1. The molecule has 0 bridgehead atoms. The van der Waals surface area contributed by atoms with Crippen LogP contribution in [0.5, 0.6) is 0 Å². The lowest BCUT2D eigenvalue weighted by Crippen LogP contribution is -2.15. The molecule has 6 nitrogen and oxygen atoms in total. The van der Waals surface area contributed by atoms with Crippen LogP contribution in [-0.4, -0.2) is 17.0 Å². The van der Waals surface area contributed by atoms with Crippen molar-refractivity contribution >= 4 is 17.6 Å². The Morgan fingerprint density at radius 3 is 2.34 bits per heavy atom. The smallest absolute Gasteiger partial charge is 0.337 e. The van der Waals surface area contributed by atoms with Crippen LogP contribution in [0.1, 0.15) is 27.9 Å². The van der Waals surface area contributed by atoms with Crippen molar-refractivity contribution in [1.82, 2.24) is 0 Å². The molecule has 0 aromatic heterocycles. The molecular formula is C23H20N2O4. The van der Waals surface area contributed by atoms with E-state index in [-0.39, 0.29) is 24.4 Å². The maximum Gasteiger partial charge on any atom is 0.337 e. The number of hydrogen-bond donors (Lipinski definition) is 2. The van der Waals surface area contributed by atoms with Crippen LogP contribution in [-0.2, 0) is 17.8 Å². The van der Waals surface area contributed by atoms with E-state index in [1.165, 1.54) is 6.07 Å². The van der Waals surface area contributed by atoms with Gasteiger partial charge in [-0.3, -0.25) is 4.79 Å². The first-order chi connectivity index (χ1) is 14.1. The third kappa shape index (κ3) is 5.35. The molecular weight excluding hydrogens is 368 g/mol. The largest absolute Gasteiger partial charge is 0.478 e. The first-order valence-electron chi connectivity index (χ1n) is 9.16. The molecule has 0 heterocycles. The zero-order chi connectivity index (χ0) is 20.6. The maximum atomic E-state index is 12.2. The zero-order valence-corrected chi connectivity index (χ0v) is 15.7. The highest BCUT2D eigenvalue weighted by Crippen LogP contribution is 2.22. The van der Waals surface area contributed by atoms with Gasteiger partial charge in [0.15, 0.2) is 0 Å². The highest BCUT2D eigenvalue weighted by atomic mass is 16.4. The first-order valence-corrected chi connectivity index (χ1v) is 9.16. The number of nitroso groups, excluding NO2 is 1. The van der Waals surface area contributed by atoms with Gasteiger partial charge in [0.1, 0.15) is 6.54 Å². The van der Waals surface area contributed by atoms with Crippen LogP contribution in [0.25, 0.3) is 11.1 Å². The van der Waals surface area contributed by atoms with Crippen LogP contribution in [0.2, 0.25) is 0 Å². The number of aryl methyl sites for hydroxylation is 1. The number of hydrogen-bond acceptors (Lipinski definition) is 4. The topological polar surface area (TPSA) is 95.8 Å². The summed E-state index contributed by atoms with van der Waals surface area (Å²) in [6.45, 7) is 0.145. The molecule has 0 aliphatic carbocycles. The highest BCUT2D eigenvalue weighted by Gasteiger charge is 2.11. The van der Waals surface area contributed by atoms with Gasteiger partial charge in [-0.1, -0.05) is 59.8 Å². The summed E-state index contributed by atoms with van der Waals surface area (Å²) in [5, 5.41) is 14.8. The summed E-state index contributed by atoms with van der Waals surface area (Å²) in [6.07, 6.45) is 0.782. The molecule has 0 aliphatic rings. The van der Waals surface area contributed by atoms with E-state index < -0.39 is 5.97 Å². The van der Waals surface area contributed by atoms with Gasteiger partial charge in [0.25, 0.3) is 0 Å². The quantitative estimate of drug-likeness (QED) is 0.537. The molecule has 6 heteroatoms. The minimum Gasteiger partial charge on any atom is -0.478 e. The zero-order valence-electron chi connectivity index (χ0n) is 15.7. The van der Waals surface area contributed by atoms with E-state index in [0.29, 0.717) is 12.1 Å². The van der Waals surface area contributed by atoms with Crippen LogP contribution in [0.3, 0.4) is 0 Å². The van der Waals surface area contributed by atoms with E-state index in [1.807, 2.05) is 48.5 Å². The predicted octanol–water partition coefficient (Wildman–Crippen LogP) is 4.89. The average molecular weight is 388 g/mol. The third-order valence-corrected chi connectivity index (χ3v) is 4.53. The molecule has 3 aromatic rings. The number of carbonyl (C=O) groups excluding carboxylic acids is 1. The number of para-hydroxylation sites is 1. The van der Waals surface area contributed by atoms with Crippen LogP contribution < -0.4 is 5.32 Å². The van der Waals surface area contributed by atoms with E-state index in [4.69, 9.17) is 0 Å². The van der Waals surface area contributed by atoms with E-state index in [2.05, 4.69) is 10.5 Å². The normalized spacial score (nSPS) is 10.3. The van der Waals surface area contributed by atoms with Gasteiger partial charge >= 0.3 is 5.97 Å². The molecule has 2 N–H and O–H groups in total. The number of amides is 1. The fraction of sp³-hybridized carbons (Fsp3) is 0.130. The van der Waals surface area contributed by atoms with Gasteiger partial charge in [0.05, 0.1) is 11.3 Å². The number of aromatic carboxylic acids is 1. The standard InChI is InChI=1S/C23H20N2O4/c26-22(25-21-7-2-1-6-20(21)23(27)28)13-10-16-8-11-18(12-9-16)19-5-3-4-17(14-19)15-24-29/h1-9,11-12,14H,10,13,15H2,(H,25,26)(H,27,28). The third-order valence-electron chi connectivity index (χ3n) is 4.53. The molecule has 0 radical (unpaired) electrons. The van der Waals surface area contributed by atoms with Gasteiger partial charge in [-0.25, -0.2) is 4.79 Å². The molecule has 0 aliphatic heterocycles. The van der Waals surface area contributed by atoms with Crippen molar-refractivity contribution in [1.29, 1.82) is 0 Å². The predicted molar refractivity (Wildman–Crippen MR) is 112 cm³/mol. The molecule has 0 spiro atoms. The molecule has 1 amide bonds. The van der Waals surface area contributed by atoms with E-state index in [9.17, 15) is 19.6 Å². The Bertz CT molecular complexity index is 1030. The lowest BCUT2D eigenvalue weighted by Gasteiger charge is -2.09. The molecule has 3 rings (SSSR count). The van der Waals surface area contributed by atoms with E-state index in [1.54, 1.807) is 18.2 Å². The van der Waals surface area contributed by atoms with Crippen molar-refractivity contribution in [3.05, 3.63) is 94.4 Å². The van der Waals surface area contributed by atoms with Crippen LogP contribution in [0.4, 0.5) is 5.69 Å². The molecule has 0 unspecified atom stereocenters. The Balaban J connectivity index is 1.60. The number of nitrogens with one attached hydrogen (secondary N) is 1. The van der Waals surface area contributed by atoms with Crippen molar-refractivity contribution in [2.75, 3.05) is 5.32 Å². The Morgan fingerprint density at radius 2 is 1.62 bits per heavy atom. The van der Waals surface area contributed by atoms with Crippen LogP contribution in [0.15, 0.2) is 78.0 Å². The summed E-state index contributed by atoms with van der Waals surface area (Å²) in [4.78, 5) is 33.9. The first kappa shape index (κ1) is 19.9.